The van der Waals surface area contributed by atoms with E-state index in [2.05, 4.69) is 24.5 Å². The fourth-order valence-electron chi connectivity index (χ4n) is 2.11. The molecule has 0 fully saturated rings. The molecule has 0 aliphatic carbocycles. The van der Waals surface area contributed by atoms with Gasteiger partial charge in [-0.1, -0.05) is 6.92 Å². The number of fused-ring (bicyclic) bond motifs is 1. The first-order chi connectivity index (χ1) is 9.78. The number of thiazole rings is 1. The van der Waals surface area contributed by atoms with Crippen molar-refractivity contribution in [3.8, 4) is 22.1 Å². The second-order valence-electron chi connectivity index (χ2n) is 4.82. The number of hydrogen-bond acceptors (Lipinski definition) is 5. The van der Waals surface area contributed by atoms with E-state index >= 15 is 0 Å². The van der Waals surface area contributed by atoms with Crippen molar-refractivity contribution in [3.63, 3.8) is 0 Å². The SMILES string of the molecule is CCCNC(C)c1csc(-c2ccc3c(c2)OCO3)n1. The molecule has 0 radical (unpaired) electrons. The van der Waals surface area contributed by atoms with Crippen LogP contribution in [0.5, 0.6) is 11.5 Å². The maximum Gasteiger partial charge on any atom is 0.231 e. The molecule has 1 aromatic heterocycles. The van der Waals surface area contributed by atoms with Crippen LogP contribution < -0.4 is 14.8 Å². The normalized spacial score (nSPS) is 14.5. The first-order valence-corrected chi connectivity index (χ1v) is 7.74. The zero-order chi connectivity index (χ0) is 13.9. The van der Waals surface area contributed by atoms with Crippen molar-refractivity contribution >= 4 is 11.3 Å². The summed E-state index contributed by atoms with van der Waals surface area (Å²) in [6.45, 7) is 5.63. The molecule has 2 aromatic rings. The average molecular weight is 290 g/mol. The van der Waals surface area contributed by atoms with Crippen LogP contribution in [0.2, 0.25) is 0 Å². The molecule has 106 valence electrons. The van der Waals surface area contributed by atoms with Gasteiger partial charge in [0.25, 0.3) is 0 Å². The second kappa shape index (κ2) is 5.81. The van der Waals surface area contributed by atoms with Gasteiger partial charge in [0, 0.05) is 17.0 Å². The molecule has 4 nitrogen and oxygen atoms in total. The van der Waals surface area contributed by atoms with Gasteiger partial charge >= 0.3 is 0 Å². The Labute approximate surface area is 122 Å². The van der Waals surface area contributed by atoms with Crippen LogP contribution in [0.1, 0.15) is 32.0 Å². The van der Waals surface area contributed by atoms with E-state index in [1.807, 2.05) is 18.2 Å². The summed E-state index contributed by atoms with van der Waals surface area (Å²) in [5, 5.41) is 6.59. The van der Waals surface area contributed by atoms with Crippen LogP contribution in [0.3, 0.4) is 0 Å². The Balaban J connectivity index is 1.79. The Morgan fingerprint density at radius 2 is 2.20 bits per heavy atom. The van der Waals surface area contributed by atoms with Gasteiger partial charge < -0.3 is 14.8 Å². The van der Waals surface area contributed by atoms with E-state index in [4.69, 9.17) is 14.5 Å². The van der Waals surface area contributed by atoms with E-state index in [9.17, 15) is 0 Å². The molecule has 1 unspecified atom stereocenters. The molecule has 0 amide bonds. The lowest BCUT2D eigenvalue weighted by Gasteiger charge is -2.09. The first kappa shape index (κ1) is 13.4. The number of nitrogens with zero attached hydrogens (tertiary/aromatic N) is 1. The Morgan fingerprint density at radius 1 is 1.35 bits per heavy atom. The van der Waals surface area contributed by atoms with Crippen molar-refractivity contribution < 1.29 is 9.47 Å². The summed E-state index contributed by atoms with van der Waals surface area (Å²) in [5.74, 6) is 1.61. The van der Waals surface area contributed by atoms with Gasteiger partial charge in [-0.25, -0.2) is 4.98 Å². The molecule has 1 atom stereocenters. The van der Waals surface area contributed by atoms with Crippen LogP contribution in [0.25, 0.3) is 10.6 Å². The molecule has 1 aromatic carbocycles. The van der Waals surface area contributed by atoms with Crippen LogP contribution >= 0.6 is 11.3 Å². The van der Waals surface area contributed by atoms with E-state index in [-0.39, 0.29) is 6.04 Å². The van der Waals surface area contributed by atoms with Crippen molar-refractivity contribution in [3.05, 3.63) is 29.3 Å². The van der Waals surface area contributed by atoms with Crippen LogP contribution in [0, 0.1) is 0 Å². The fourth-order valence-corrected chi connectivity index (χ4v) is 3.02. The summed E-state index contributed by atoms with van der Waals surface area (Å²) < 4.78 is 10.7. The molecule has 3 rings (SSSR count). The fraction of sp³-hybridized carbons (Fsp3) is 0.400. The molecule has 5 heteroatoms. The molecular weight excluding hydrogens is 272 g/mol. The molecule has 0 bridgehead atoms. The van der Waals surface area contributed by atoms with E-state index in [0.717, 1.165) is 40.7 Å². The summed E-state index contributed by atoms with van der Waals surface area (Å²) in [7, 11) is 0. The Morgan fingerprint density at radius 3 is 3.05 bits per heavy atom. The standard InChI is InChI=1S/C15H18N2O2S/c1-3-6-16-10(2)12-8-20-15(17-12)11-4-5-13-14(7-11)19-9-18-13/h4-5,7-8,10,16H,3,6,9H2,1-2H3. The quantitative estimate of drug-likeness (QED) is 0.913. The van der Waals surface area contributed by atoms with Crippen molar-refractivity contribution in [1.82, 2.24) is 10.3 Å². The van der Waals surface area contributed by atoms with Gasteiger partial charge in [-0.3, -0.25) is 0 Å². The third-order valence-corrected chi connectivity index (χ3v) is 4.20. The lowest BCUT2D eigenvalue weighted by molar-refractivity contribution is 0.174. The summed E-state index contributed by atoms with van der Waals surface area (Å²) in [4.78, 5) is 4.72. The zero-order valence-electron chi connectivity index (χ0n) is 11.7. The summed E-state index contributed by atoms with van der Waals surface area (Å²) >= 11 is 1.66. The van der Waals surface area contributed by atoms with Gasteiger partial charge in [0.2, 0.25) is 6.79 Å². The van der Waals surface area contributed by atoms with E-state index < -0.39 is 0 Å². The topological polar surface area (TPSA) is 43.4 Å². The van der Waals surface area contributed by atoms with Crippen molar-refractivity contribution in [2.75, 3.05) is 13.3 Å². The molecule has 1 aliphatic rings. The number of ether oxygens (including phenoxy) is 2. The molecular formula is C15H18N2O2S. The molecule has 20 heavy (non-hydrogen) atoms. The van der Waals surface area contributed by atoms with Crippen LogP contribution in [0.4, 0.5) is 0 Å². The first-order valence-electron chi connectivity index (χ1n) is 6.86. The van der Waals surface area contributed by atoms with Crippen LogP contribution in [-0.4, -0.2) is 18.3 Å². The van der Waals surface area contributed by atoms with E-state index in [0.29, 0.717) is 6.79 Å². The van der Waals surface area contributed by atoms with Gasteiger partial charge in [0.05, 0.1) is 5.69 Å². The van der Waals surface area contributed by atoms with E-state index in [1.54, 1.807) is 11.3 Å². The largest absolute Gasteiger partial charge is 0.454 e. The third-order valence-electron chi connectivity index (χ3n) is 3.29. The smallest absolute Gasteiger partial charge is 0.231 e. The maximum absolute atomic E-state index is 5.41. The van der Waals surface area contributed by atoms with Gasteiger partial charge in [0.15, 0.2) is 11.5 Å². The average Bonchev–Trinajstić information content (AvgIpc) is 3.12. The molecule has 0 spiro atoms. The number of hydrogen-bond donors (Lipinski definition) is 1. The summed E-state index contributed by atoms with van der Waals surface area (Å²) in [6, 6.07) is 6.25. The predicted octanol–water partition coefficient (Wildman–Crippen LogP) is 3.60. The lowest BCUT2D eigenvalue weighted by Crippen LogP contribution is -2.19. The number of rotatable bonds is 5. The van der Waals surface area contributed by atoms with Crippen molar-refractivity contribution in [1.29, 1.82) is 0 Å². The third kappa shape index (κ3) is 2.64. The second-order valence-corrected chi connectivity index (χ2v) is 5.68. The molecule has 0 saturated heterocycles. The lowest BCUT2D eigenvalue weighted by atomic mass is 10.2. The highest BCUT2D eigenvalue weighted by molar-refractivity contribution is 7.13. The molecule has 2 heterocycles. The number of aromatic nitrogens is 1. The van der Waals surface area contributed by atoms with Crippen molar-refractivity contribution in [2.24, 2.45) is 0 Å². The monoisotopic (exact) mass is 290 g/mol. The Hall–Kier alpha value is -1.59. The predicted molar refractivity (Wildman–Crippen MR) is 80.4 cm³/mol. The summed E-state index contributed by atoms with van der Waals surface area (Å²) in [5.41, 5.74) is 2.17. The highest BCUT2D eigenvalue weighted by Gasteiger charge is 2.16. The van der Waals surface area contributed by atoms with Crippen LogP contribution in [0.15, 0.2) is 23.6 Å². The highest BCUT2D eigenvalue weighted by atomic mass is 32.1. The maximum atomic E-state index is 5.41. The minimum absolute atomic E-state index is 0.286. The summed E-state index contributed by atoms with van der Waals surface area (Å²) in [6.07, 6.45) is 1.13. The molecule has 1 N–H and O–H groups in total. The number of nitrogens with one attached hydrogen (secondary N) is 1. The van der Waals surface area contributed by atoms with Gasteiger partial charge in [-0.15, -0.1) is 11.3 Å². The zero-order valence-corrected chi connectivity index (χ0v) is 12.5. The number of benzene rings is 1. The highest BCUT2D eigenvalue weighted by Crippen LogP contribution is 2.37. The minimum atomic E-state index is 0.286. The van der Waals surface area contributed by atoms with Crippen molar-refractivity contribution in [2.45, 2.75) is 26.3 Å². The van der Waals surface area contributed by atoms with Crippen LogP contribution in [-0.2, 0) is 0 Å². The molecule has 1 aliphatic heterocycles. The Bertz CT molecular complexity index is 597. The van der Waals surface area contributed by atoms with E-state index in [1.165, 1.54) is 0 Å². The van der Waals surface area contributed by atoms with Gasteiger partial charge in [-0.05, 0) is 38.1 Å². The molecule has 0 saturated carbocycles. The Kier molecular flexibility index (Phi) is 3.89. The van der Waals surface area contributed by atoms with Gasteiger partial charge in [0.1, 0.15) is 5.01 Å². The minimum Gasteiger partial charge on any atom is -0.454 e. The van der Waals surface area contributed by atoms with Gasteiger partial charge in [-0.2, -0.15) is 0 Å².